The molecule has 10 nitrogen and oxygen atoms in total. The zero-order valence-corrected chi connectivity index (χ0v) is 39.1. The number of rotatable bonds is 6. The van der Waals surface area contributed by atoms with Crippen LogP contribution in [0.25, 0.3) is 0 Å². The van der Waals surface area contributed by atoms with E-state index in [4.69, 9.17) is 0 Å². The number of imide groups is 2. The molecule has 4 amide bonds. The van der Waals surface area contributed by atoms with Gasteiger partial charge < -0.3 is 10.2 Å². The van der Waals surface area contributed by atoms with E-state index >= 15 is 19.2 Å². The van der Waals surface area contributed by atoms with Crippen molar-refractivity contribution < 1.29 is 39.0 Å². The summed E-state index contributed by atoms with van der Waals surface area (Å²) >= 11 is 0. The Balaban J connectivity index is 0.984. The minimum atomic E-state index is -0.848. The monoisotopic (exact) mass is 872 g/mol. The van der Waals surface area contributed by atoms with Crippen molar-refractivity contribution in [3.05, 3.63) is 47.6 Å². The van der Waals surface area contributed by atoms with Crippen LogP contribution < -0.4 is 9.80 Å². The normalized spacial score (nSPS) is 47.5. The lowest BCUT2D eigenvalue weighted by Crippen LogP contribution is -2.65. The van der Waals surface area contributed by atoms with Gasteiger partial charge in [-0.2, -0.15) is 0 Å². The minimum Gasteiger partial charge on any atom is -0.481 e. The number of carbonyl (C=O) groups is 6. The largest absolute Gasteiger partial charge is 0.481 e. The fourth-order valence-electron chi connectivity index (χ4n) is 19.2. The van der Waals surface area contributed by atoms with E-state index in [2.05, 4.69) is 53.7 Å². The molecule has 6 saturated carbocycles. The molecule has 13 rings (SSSR count). The van der Waals surface area contributed by atoms with E-state index in [9.17, 15) is 19.8 Å². The van der Waals surface area contributed by atoms with Gasteiger partial charge in [-0.25, -0.2) is 9.80 Å². The molecular formula is C54H68N2O8. The molecule has 4 bridgehead atoms. The number of hydrogen-bond acceptors (Lipinski definition) is 6. The molecule has 2 spiro atoms. The molecule has 2 saturated heterocycles. The Kier molecular flexibility index (Phi) is 8.84. The highest BCUT2D eigenvalue weighted by molar-refractivity contribution is 6.28. The molecule has 16 atom stereocenters. The van der Waals surface area contributed by atoms with Crippen LogP contribution in [0.5, 0.6) is 0 Å². The lowest BCUT2D eigenvalue weighted by atomic mass is 9.34. The molecule has 8 fully saturated rings. The first-order valence-electron chi connectivity index (χ1n) is 24.9. The number of carboxylic acids is 2. The summed E-state index contributed by atoms with van der Waals surface area (Å²) in [5.74, 6) is -4.86. The van der Waals surface area contributed by atoms with Crippen molar-refractivity contribution in [2.45, 2.75) is 132 Å². The Labute approximate surface area is 378 Å². The number of benzene rings is 1. The van der Waals surface area contributed by atoms with Crippen LogP contribution in [0.2, 0.25) is 0 Å². The van der Waals surface area contributed by atoms with Gasteiger partial charge in [0.25, 0.3) is 0 Å². The van der Waals surface area contributed by atoms with E-state index in [0.29, 0.717) is 49.9 Å². The first-order valence-corrected chi connectivity index (χ1v) is 24.9. The summed E-state index contributed by atoms with van der Waals surface area (Å²) in [5, 5.41) is 21.3. The Morgan fingerprint density at radius 3 is 1.28 bits per heavy atom. The van der Waals surface area contributed by atoms with Gasteiger partial charge in [-0.15, -0.1) is 0 Å². The van der Waals surface area contributed by atoms with Gasteiger partial charge in [0.15, 0.2) is 0 Å². The predicted octanol–water partition coefficient (Wildman–Crippen LogP) is 9.72. The molecule has 0 aromatic heterocycles. The maximum absolute atomic E-state index is 15.6. The molecule has 10 heteroatoms. The van der Waals surface area contributed by atoms with E-state index in [-0.39, 0.29) is 81.8 Å². The maximum atomic E-state index is 15.6. The van der Waals surface area contributed by atoms with Crippen LogP contribution in [0.4, 0.5) is 11.4 Å². The first kappa shape index (κ1) is 42.5. The molecule has 2 heterocycles. The highest BCUT2D eigenvalue weighted by Crippen LogP contribution is 2.77. The zero-order chi connectivity index (χ0) is 45.6. The van der Waals surface area contributed by atoms with Crippen LogP contribution in [0.1, 0.15) is 132 Å². The number of fused-ring (bicyclic) bond motifs is 2. The van der Waals surface area contributed by atoms with Crippen LogP contribution in [0.15, 0.2) is 47.6 Å². The standard InChI is InChI=1S/C54H68N2O8/c1-27(2)31-25-53-21-15-35-49(5,17-11-19-51(35,7)47(61)62)37(53)23-29(31)39-41(53)45(59)55(43(39)57)33-13-9-10-14-34(33)56-44(58)40-30-24-38-50(6)18-12-20-52(8,48(63)64)36(50)16-22-54(38,42(40)46(56)60)26-32(30)28(3)4/h9-10,13-14,25-30,35-42H,11-12,15-24H2,1-8H3,(H,61,62)(H,63,64). The number of para-hydroxylation sites is 2. The number of aliphatic carboxylic acids is 2. The molecular weight excluding hydrogens is 805 g/mol. The van der Waals surface area contributed by atoms with Crippen LogP contribution in [0, 0.1) is 104 Å². The molecule has 16 unspecified atom stereocenters. The zero-order valence-electron chi connectivity index (χ0n) is 39.1. The second kappa shape index (κ2) is 13.3. The fraction of sp³-hybridized carbons (Fsp3) is 0.704. The third kappa shape index (κ3) is 4.84. The summed E-state index contributed by atoms with van der Waals surface area (Å²) < 4.78 is 0. The average molecular weight is 873 g/mol. The van der Waals surface area contributed by atoms with Gasteiger partial charge in [0.1, 0.15) is 0 Å². The van der Waals surface area contributed by atoms with E-state index < -0.39 is 57.3 Å². The van der Waals surface area contributed by atoms with Crippen LogP contribution >= 0.6 is 0 Å². The van der Waals surface area contributed by atoms with Gasteiger partial charge in [0, 0.05) is 10.8 Å². The van der Waals surface area contributed by atoms with Crippen molar-refractivity contribution >= 4 is 46.9 Å². The van der Waals surface area contributed by atoms with Crippen molar-refractivity contribution in [1.82, 2.24) is 0 Å². The van der Waals surface area contributed by atoms with Crippen LogP contribution in [0.3, 0.4) is 0 Å². The smallest absolute Gasteiger partial charge is 0.309 e. The van der Waals surface area contributed by atoms with Crippen LogP contribution in [-0.2, 0) is 28.8 Å². The van der Waals surface area contributed by atoms with Crippen molar-refractivity contribution in [2.24, 2.45) is 104 Å². The van der Waals surface area contributed by atoms with Crippen molar-refractivity contribution in [3.8, 4) is 0 Å². The van der Waals surface area contributed by atoms with Gasteiger partial charge in [-0.3, -0.25) is 28.8 Å². The maximum Gasteiger partial charge on any atom is 0.309 e. The number of carboxylic acid groups (broad SMARTS) is 2. The van der Waals surface area contributed by atoms with E-state index in [0.717, 1.165) is 38.5 Å². The number of amides is 4. The van der Waals surface area contributed by atoms with Crippen molar-refractivity contribution in [2.75, 3.05) is 9.80 Å². The summed E-state index contributed by atoms with van der Waals surface area (Å²) in [6, 6.07) is 7.06. The van der Waals surface area contributed by atoms with Gasteiger partial charge in [0.05, 0.1) is 45.9 Å². The van der Waals surface area contributed by atoms with Gasteiger partial charge in [0.2, 0.25) is 23.6 Å². The number of hydrogen-bond donors (Lipinski definition) is 2. The van der Waals surface area contributed by atoms with E-state index in [1.54, 1.807) is 24.3 Å². The highest BCUT2D eigenvalue weighted by atomic mass is 16.4. The van der Waals surface area contributed by atoms with E-state index in [1.165, 1.54) is 20.9 Å². The average Bonchev–Trinajstić information content (AvgIpc) is 3.69. The Morgan fingerprint density at radius 2 is 0.938 bits per heavy atom. The number of anilines is 2. The summed E-state index contributed by atoms with van der Waals surface area (Å²) in [4.78, 5) is 90.5. The lowest BCUT2D eigenvalue weighted by Gasteiger charge is -2.68. The summed E-state index contributed by atoms with van der Waals surface area (Å²) in [6.07, 6.45) is 13.6. The Hall–Kier alpha value is -4.08. The molecule has 12 aliphatic rings. The molecule has 10 aliphatic carbocycles. The summed E-state index contributed by atoms with van der Waals surface area (Å²) in [5.41, 5.74) is -0.506. The number of allylic oxidation sites excluding steroid dienone is 4. The summed E-state index contributed by atoms with van der Waals surface area (Å²) in [6.45, 7) is 17.1. The topological polar surface area (TPSA) is 149 Å². The molecule has 2 N–H and O–H groups in total. The molecule has 342 valence electrons. The second-order valence-corrected chi connectivity index (χ2v) is 24.5. The Bertz CT molecular complexity index is 2240. The first-order chi connectivity index (χ1) is 30.1. The van der Waals surface area contributed by atoms with Crippen molar-refractivity contribution in [3.63, 3.8) is 0 Å². The van der Waals surface area contributed by atoms with Gasteiger partial charge >= 0.3 is 11.9 Å². The number of carbonyl (C=O) groups excluding carboxylic acids is 4. The Morgan fingerprint density at radius 1 is 0.562 bits per heavy atom. The SMILES string of the molecule is CC(C)C1=CC23CCC4C(C)(C(=O)O)CCCC4(C)C2CC1C1C(=O)N(c2ccccc2N2C(=O)C4C5CC6C7(C)CCCC(C)(C(=O)O)C7CCC6(C=C5C(C)C)C4C2=O)C(=O)C13. The fourth-order valence-corrected chi connectivity index (χ4v) is 19.2. The predicted molar refractivity (Wildman–Crippen MR) is 240 cm³/mol. The molecule has 0 radical (unpaired) electrons. The summed E-state index contributed by atoms with van der Waals surface area (Å²) in [7, 11) is 0. The van der Waals surface area contributed by atoms with Gasteiger partial charge in [-0.1, -0.05) is 89.8 Å². The third-order valence-electron chi connectivity index (χ3n) is 21.7. The highest BCUT2D eigenvalue weighted by Gasteiger charge is 2.76. The molecule has 64 heavy (non-hydrogen) atoms. The number of nitrogens with zero attached hydrogens (tertiary/aromatic N) is 2. The van der Waals surface area contributed by atoms with E-state index in [1.807, 2.05) is 13.8 Å². The molecule has 1 aromatic carbocycles. The van der Waals surface area contributed by atoms with Gasteiger partial charge in [-0.05, 0) is 148 Å². The third-order valence-corrected chi connectivity index (χ3v) is 21.7. The van der Waals surface area contributed by atoms with Crippen molar-refractivity contribution in [1.29, 1.82) is 0 Å². The van der Waals surface area contributed by atoms with Crippen LogP contribution in [-0.4, -0.2) is 45.8 Å². The minimum absolute atomic E-state index is 0.0344. The molecule has 1 aromatic rings. The molecule has 2 aliphatic heterocycles. The lowest BCUT2D eigenvalue weighted by molar-refractivity contribution is -0.194. The second-order valence-electron chi connectivity index (χ2n) is 24.5. The quantitative estimate of drug-likeness (QED) is 0.212.